The number of nitrogens with zero attached hydrogens (tertiary/aromatic N) is 6. The maximum absolute atomic E-state index is 15.8. The predicted octanol–water partition coefficient (Wildman–Crippen LogP) is 2.92. The molecule has 1 unspecified atom stereocenters. The molecule has 14 heteroatoms. The molecule has 252 valence electrons. The number of nitrogen functional groups attached to an aromatic ring is 1. The van der Waals surface area contributed by atoms with Crippen molar-refractivity contribution < 1.29 is 18.8 Å². The van der Waals surface area contributed by atoms with Gasteiger partial charge in [0.1, 0.15) is 23.4 Å². The number of amides is 3. The average molecular weight is 676 g/mol. The molecule has 3 aromatic rings. The molecule has 3 saturated heterocycles. The van der Waals surface area contributed by atoms with Gasteiger partial charge in [0.25, 0.3) is 5.91 Å². The van der Waals surface area contributed by atoms with E-state index in [-0.39, 0.29) is 42.3 Å². The summed E-state index contributed by atoms with van der Waals surface area (Å²) in [4.78, 5) is 54.3. The Balaban J connectivity index is 0.999. The van der Waals surface area contributed by atoms with E-state index in [9.17, 15) is 14.4 Å². The summed E-state index contributed by atoms with van der Waals surface area (Å²) in [6.07, 6.45) is 3.86. The zero-order valence-corrected chi connectivity index (χ0v) is 27.6. The lowest BCUT2D eigenvalue weighted by molar-refractivity contribution is -0.136. The standard InChI is InChI=1S/C34H39ClFN9O3/c1-34(38)9-11-44(12-10-34)26-17-39-30(31(37)40-26)22-3-2-4-24(28(22)35)43-15-13-42(14-16-43)18-20-5-6-21-23(29(20)36)19-45(33(21)48)25-7-8-27(46)41-32(25)47/h2-6,17,25H,7-16,18-19,38H2,1H3,(H2,37,40)(H,41,46,47). The first-order chi connectivity index (χ1) is 23.0. The molecule has 0 spiro atoms. The fraction of sp³-hybridized carbons (Fsp3) is 0.441. The first-order valence-electron chi connectivity index (χ1n) is 16.4. The minimum atomic E-state index is -0.782. The number of aromatic nitrogens is 2. The molecule has 7 rings (SSSR count). The summed E-state index contributed by atoms with van der Waals surface area (Å²) in [5, 5.41) is 2.83. The van der Waals surface area contributed by atoms with Gasteiger partial charge >= 0.3 is 0 Å². The van der Waals surface area contributed by atoms with Gasteiger partial charge in [-0.2, -0.15) is 0 Å². The molecule has 2 aromatic carbocycles. The van der Waals surface area contributed by atoms with Crippen LogP contribution in [-0.4, -0.2) is 88.3 Å². The van der Waals surface area contributed by atoms with E-state index in [4.69, 9.17) is 23.1 Å². The lowest BCUT2D eigenvalue weighted by Crippen LogP contribution is -2.52. The van der Waals surface area contributed by atoms with Gasteiger partial charge in [-0.25, -0.2) is 14.4 Å². The van der Waals surface area contributed by atoms with Crippen molar-refractivity contribution in [2.75, 3.05) is 54.8 Å². The van der Waals surface area contributed by atoms with Gasteiger partial charge in [0.2, 0.25) is 11.8 Å². The molecule has 0 radical (unpaired) electrons. The molecular formula is C34H39ClFN9O3. The average Bonchev–Trinajstić information content (AvgIpc) is 3.39. The number of carbonyl (C=O) groups is 3. The third-order valence-corrected chi connectivity index (χ3v) is 10.5. The van der Waals surface area contributed by atoms with Gasteiger partial charge in [0.05, 0.1) is 23.5 Å². The maximum Gasteiger partial charge on any atom is 0.255 e. The lowest BCUT2D eigenvalue weighted by Gasteiger charge is -2.37. The SMILES string of the molecule is CC1(N)CCN(c2cnc(-c3cccc(N4CCN(Cc5ccc6c(c5F)CN(C5CCC(=O)NC5=O)C6=O)CC4)c3Cl)c(N)n2)CC1. The molecule has 4 aliphatic rings. The summed E-state index contributed by atoms with van der Waals surface area (Å²) in [6.45, 7) is 6.75. The molecule has 3 amide bonds. The second kappa shape index (κ2) is 12.6. The number of benzene rings is 2. The van der Waals surface area contributed by atoms with E-state index in [1.807, 2.05) is 18.2 Å². The third-order valence-electron chi connectivity index (χ3n) is 10.1. The van der Waals surface area contributed by atoms with E-state index in [0.717, 1.165) is 37.4 Å². The summed E-state index contributed by atoms with van der Waals surface area (Å²) in [7, 11) is 0. The van der Waals surface area contributed by atoms with Gasteiger partial charge in [-0.3, -0.25) is 24.6 Å². The number of hydrogen-bond donors (Lipinski definition) is 3. The van der Waals surface area contributed by atoms with Crippen LogP contribution in [0.4, 0.5) is 21.7 Å². The topological polar surface area (TPSA) is 154 Å². The van der Waals surface area contributed by atoms with Crippen molar-refractivity contribution in [2.24, 2.45) is 5.73 Å². The summed E-state index contributed by atoms with van der Waals surface area (Å²) in [5.41, 5.74) is 15.7. The number of imide groups is 1. The Hall–Kier alpha value is -4.33. The van der Waals surface area contributed by atoms with Gasteiger partial charge in [0.15, 0.2) is 5.82 Å². The van der Waals surface area contributed by atoms with E-state index in [1.54, 1.807) is 18.3 Å². The Labute approximate surface area is 283 Å². The monoisotopic (exact) mass is 675 g/mol. The van der Waals surface area contributed by atoms with Crippen LogP contribution in [0, 0.1) is 5.82 Å². The molecule has 5 heterocycles. The first kappa shape index (κ1) is 32.2. The van der Waals surface area contributed by atoms with Crippen LogP contribution in [0.25, 0.3) is 11.3 Å². The van der Waals surface area contributed by atoms with Crippen LogP contribution >= 0.6 is 11.6 Å². The number of hydrogen-bond acceptors (Lipinski definition) is 10. The summed E-state index contributed by atoms with van der Waals surface area (Å²) in [6, 6.07) is 8.32. The molecule has 12 nitrogen and oxygen atoms in total. The number of carbonyl (C=O) groups excluding carboxylic acids is 3. The van der Waals surface area contributed by atoms with Crippen LogP contribution in [0.1, 0.15) is 54.1 Å². The number of nitrogens with one attached hydrogen (secondary N) is 1. The summed E-state index contributed by atoms with van der Waals surface area (Å²) < 4.78 is 15.8. The van der Waals surface area contributed by atoms with Crippen LogP contribution in [0.5, 0.6) is 0 Å². The molecule has 0 saturated carbocycles. The Morgan fingerprint density at radius 1 is 1.02 bits per heavy atom. The maximum atomic E-state index is 15.8. The van der Waals surface area contributed by atoms with E-state index in [0.29, 0.717) is 65.9 Å². The second-order valence-electron chi connectivity index (χ2n) is 13.5. The highest BCUT2D eigenvalue weighted by atomic mass is 35.5. The second-order valence-corrected chi connectivity index (χ2v) is 13.8. The normalized spacial score (nSPS) is 21.5. The van der Waals surface area contributed by atoms with Gasteiger partial charge in [-0.05, 0) is 38.3 Å². The van der Waals surface area contributed by atoms with Crippen LogP contribution in [0.3, 0.4) is 0 Å². The molecule has 5 N–H and O–H groups in total. The number of halogens is 2. The lowest BCUT2D eigenvalue weighted by atomic mass is 9.91. The number of piperazine rings is 1. The van der Waals surface area contributed by atoms with Crippen molar-refractivity contribution in [2.45, 2.75) is 57.3 Å². The van der Waals surface area contributed by atoms with E-state index >= 15 is 4.39 Å². The van der Waals surface area contributed by atoms with Crippen LogP contribution < -0.4 is 26.6 Å². The van der Waals surface area contributed by atoms with Crippen molar-refractivity contribution >= 4 is 46.6 Å². The fourth-order valence-corrected chi connectivity index (χ4v) is 7.44. The molecule has 0 bridgehead atoms. The quantitative estimate of drug-likeness (QED) is 0.333. The van der Waals surface area contributed by atoms with Crippen molar-refractivity contribution in [1.29, 1.82) is 0 Å². The van der Waals surface area contributed by atoms with Gasteiger partial charge in [0, 0.05) is 80.0 Å². The van der Waals surface area contributed by atoms with Crippen molar-refractivity contribution in [3.63, 3.8) is 0 Å². The smallest absolute Gasteiger partial charge is 0.255 e. The zero-order valence-electron chi connectivity index (χ0n) is 26.8. The van der Waals surface area contributed by atoms with Crippen LogP contribution in [0.2, 0.25) is 5.02 Å². The largest absolute Gasteiger partial charge is 0.382 e. The Kier molecular flexibility index (Phi) is 8.46. The number of anilines is 3. The van der Waals surface area contributed by atoms with E-state index in [1.165, 1.54) is 4.90 Å². The van der Waals surface area contributed by atoms with Gasteiger partial charge in [-0.1, -0.05) is 29.8 Å². The Morgan fingerprint density at radius 3 is 2.48 bits per heavy atom. The highest BCUT2D eigenvalue weighted by Gasteiger charge is 2.40. The summed E-state index contributed by atoms with van der Waals surface area (Å²) >= 11 is 6.98. The molecule has 1 aromatic heterocycles. The number of piperidine rings is 2. The molecule has 48 heavy (non-hydrogen) atoms. The van der Waals surface area contributed by atoms with E-state index < -0.39 is 17.8 Å². The number of rotatable bonds is 6. The van der Waals surface area contributed by atoms with Crippen LogP contribution in [-0.2, 0) is 22.7 Å². The van der Waals surface area contributed by atoms with Gasteiger partial charge < -0.3 is 26.2 Å². The van der Waals surface area contributed by atoms with Crippen molar-refractivity contribution in [3.05, 3.63) is 64.1 Å². The van der Waals surface area contributed by atoms with Crippen molar-refractivity contribution in [1.82, 2.24) is 25.1 Å². The minimum Gasteiger partial charge on any atom is -0.382 e. The molecule has 4 aliphatic heterocycles. The molecule has 3 fully saturated rings. The molecule has 1 atom stereocenters. The summed E-state index contributed by atoms with van der Waals surface area (Å²) in [5.74, 6) is -0.634. The third kappa shape index (κ3) is 6.06. The van der Waals surface area contributed by atoms with Crippen molar-refractivity contribution in [3.8, 4) is 11.3 Å². The Bertz CT molecular complexity index is 1790. The predicted molar refractivity (Wildman–Crippen MR) is 181 cm³/mol. The van der Waals surface area contributed by atoms with E-state index in [2.05, 4.69) is 36.9 Å². The minimum absolute atomic E-state index is 0.00633. The first-order valence-corrected chi connectivity index (χ1v) is 16.7. The fourth-order valence-electron chi connectivity index (χ4n) is 7.11. The molecular weight excluding hydrogens is 637 g/mol. The zero-order chi connectivity index (χ0) is 33.7. The highest BCUT2D eigenvalue weighted by molar-refractivity contribution is 6.36. The number of nitrogens with two attached hydrogens (primary N) is 2. The number of fused-ring (bicyclic) bond motifs is 1. The molecule has 0 aliphatic carbocycles. The highest BCUT2D eigenvalue weighted by Crippen LogP contribution is 2.38. The Morgan fingerprint density at radius 2 is 1.77 bits per heavy atom. The van der Waals surface area contributed by atoms with Gasteiger partial charge in [-0.15, -0.1) is 0 Å². The van der Waals surface area contributed by atoms with Crippen LogP contribution in [0.15, 0.2) is 36.5 Å².